The number of hydrogen-bond acceptors (Lipinski definition) is 1. The van der Waals surface area contributed by atoms with Crippen LogP contribution in [0.15, 0.2) is 18.2 Å². The van der Waals surface area contributed by atoms with Gasteiger partial charge < -0.3 is 6.15 Å². The van der Waals surface area contributed by atoms with Crippen LogP contribution in [0.1, 0.15) is 5.56 Å². The van der Waals surface area contributed by atoms with Crippen LogP contribution in [0, 0.1) is 0 Å². The van der Waals surface area contributed by atoms with E-state index in [0.717, 1.165) is 5.56 Å². The monoisotopic (exact) mass is 211 g/mol. The van der Waals surface area contributed by atoms with Gasteiger partial charge in [0.05, 0.1) is 0 Å². The maximum Gasteiger partial charge on any atom is 0.0489 e. The van der Waals surface area contributed by atoms with Gasteiger partial charge in [-0.2, -0.15) is 0 Å². The maximum atomic E-state index is 5.75. The predicted molar refractivity (Wildman–Crippen MR) is 51.0 cm³/mol. The third-order valence-electron chi connectivity index (χ3n) is 1.15. The van der Waals surface area contributed by atoms with Crippen molar-refractivity contribution in [1.82, 2.24) is 6.15 Å². The Morgan fingerprint density at radius 2 is 1.82 bits per heavy atom. The van der Waals surface area contributed by atoms with Gasteiger partial charge in [-0.1, -0.05) is 23.2 Å². The summed E-state index contributed by atoms with van der Waals surface area (Å²) in [4.78, 5) is 0. The van der Waals surface area contributed by atoms with Crippen LogP contribution in [0.5, 0.6) is 0 Å². The van der Waals surface area contributed by atoms with Gasteiger partial charge in [0, 0.05) is 15.9 Å². The van der Waals surface area contributed by atoms with Crippen LogP contribution in [0.25, 0.3) is 0 Å². The van der Waals surface area contributed by atoms with E-state index in [1.807, 2.05) is 0 Å². The molecule has 0 radical (unpaired) electrons. The quantitative estimate of drug-likeness (QED) is 0.704. The Balaban J connectivity index is 0.000001000. The molecule has 0 bridgehead atoms. The van der Waals surface area contributed by atoms with Crippen molar-refractivity contribution in [1.29, 1.82) is 0 Å². The minimum Gasteiger partial charge on any atom is -0.344 e. The molecule has 0 saturated heterocycles. The van der Waals surface area contributed by atoms with Gasteiger partial charge in [0.25, 0.3) is 0 Å². The van der Waals surface area contributed by atoms with Crippen molar-refractivity contribution in [2.24, 2.45) is 0 Å². The highest BCUT2D eigenvalue weighted by Gasteiger charge is 1.97. The molecule has 0 saturated carbocycles. The van der Waals surface area contributed by atoms with E-state index in [1.165, 1.54) is 0 Å². The molecule has 0 aliphatic rings. The van der Waals surface area contributed by atoms with E-state index in [1.54, 1.807) is 18.2 Å². The molecule has 1 rings (SSSR count). The zero-order valence-electron chi connectivity index (χ0n) is 5.78. The lowest BCUT2D eigenvalue weighted by atomic mass is 10.2. The van der Waals surface area contributed by atoms with Gasteiger partial charge in [-0.15, -0.1) is 11.6 Å². The fourth-order valence-electron chi connectivity index (χ4n) is 0.646. The topological polar surface area (TPSA) is 35.0 Å². The molecular weight excluding hydrogens is 204 g/mol. The normalized spacial score (nSPS) is 9.00. The molecule has 0 aromatic heterocycles. The zero-order valence-corrected chi connectivity index (χ0v) is 8.05. The van der Waals surface area contributed by atoms with E-state index < -0.39 is 0 Å². The van der Waals surface area contributed by atoms with Crippen LogP contribution in [0.4, 0.5) is 0 Å². The summed E-state index contributed by atoms with van der Waals surface area (Å²) < 4.78 is 0. The molecule has 0 amide bonds. The highest BCUT2D eigenvalue weighted by Crippen LogP contribution is 2.21. The van der Waals surface area contributed by atoms with Crippen molar-refractivity contribution in [3.05, 3.63) is 33.8 Å². The Hall–Kier alpha value is 0.0500. The molecule has 0 spiro atoms. The summed E-state index contributed by atoms with van der Waals surface area (Å²) in [5, 5.41) is 1.33. The number of benzene rings is 1. The summed E-state index contributed by atoms with van der Waals surface area (Å²) in [6, 6.07) is 5.23. The first-order chi connectivity index (χ1) is 4.74. The molecule has 1 aromatic rings. The van der Waals surface area contributed by atoms with Crippen LogP contribution < -0.4 is 6.15 Å². The molecule has 1 aromatic carbocycles. The van der Waals surface area contributed by atoms with Gasteiger partial charge in [-0.3, -0.25) is 0 Å². The van der Waals surface area contributed by atoms with Crippen molar-refractivity contribution in [3.63, 3.8) is 0 Å². The second-order valence-electron chi connectivity index (χ2n) is 1.87. The lowest BCUT2D eigenvalue weighted by molar-refractivity contribution is 1.40. The van der Waals surface area contributed by atoms with Gasteiger partial charge >= 0.3 is 0 Å². The fourth-order valence-corrected chi connectivity index (χ4v) is 1.31. The Labute approximate surface area is 80.8 Å². The lowest BCUT2D eigenvalue weighted by Gasteiger charge is -1.98. The fraction of sp³-hybridized carbons (Fsp3) is 0.143. The zero-order chi connectivity index (χ0) is 7.56. The first-order valence-corrected chi connectivity index (χ1v) is 4.03. The Bertz CT molecular complexity index is 237. The molecule has 0 aliphatic carbocycles. The van der Waals surface area contributed by atoms with Gasteiger partial charge in [0.15, 0.2) is 0 Å². The lowest BCUT2D eigenvalue weighted by Crippen LogP contribution is -1.78. The summed E-state index contributed by atoms with van der Waals surface area (Å²) in [5.41, 5.74) is 0.871. The third kappa shape index (κ3) is 2.88. The van der Waals surface area contributed by atoms with Crippen LogP contribution in [0.2, 0.25) is 10.0 Å². The first kappa shape index (κ1) is 11.1. The van der Waals surface area contributed by atoms with E-state index in [2.05, 4.69) is 0 Å². The average molecular weight is 213 g/mol. The average Bonchev–Trinajstić information content (AvgIpc) is 1.94. The molecule has 11 heavy (non-hydrogen) atoms. The molecule has 0 atom stereocenters. The van der Waals surface area contributed by atoms with E-state index >= 15 is 0 Å². The molecule has 3 N–H and O–H groups in total. The second kappa shape index (κ2) is 4.83. The van der Waals surface area contributed by atoms with Crippen molar-refractivity contribution in [2.75, 3.05) is 0 Å². The molecule has 4 heteroatoms. The maximum absolute atomic E-state index is 5.75. The number of alkyl halides is 1. The van der Waals surface area contributed by atoms with Crippen LogP contribution >= 0.6 is 34.8 Å². The summed E-state index contributed by atoms with van der Waals surface area (Å²) in [6.07, 6.45) is 0. The molecule has 1 nitrogen and oxygen atoms in total. The minimum absolute atomic E-state index is 0. The van der Waals surface area contributed by atoms with Crippen LogP contribution in [-0.4, -0.2) is 0 Å². The highest BCUT2D eigenvalue weighted by molar-refractivity contribution is 6.34. The smallest absolute Gasteiger partial charge is 0.0489 e. The third-order valence-corrected chi connectivity index (χ3v) is 2.04. The standard InChI is InChI=1S/C7H5Cl3.H3N/c8-4-5-3-6(9)1-2-7(5)10;/h1-3H,4H2;1H3. The molecule has 0 heterocycles. The van der Waals surface area contributed by atoms with Crippen LogP contribution in [-0.2, 0) is 5.88 Å². The summed E-state index contributed by atoms with van der Waals surface area (Å²) in [7, 11) is 0. The van der Waals surface area contributed by atoms with Gasteiger partial charge in [-0.05, 0) is 23.8 Å². The summed E-state index contributed by atoms with van der Waals surface area (Å²) in [5.74, 6) is 0.402. The SMILES string of the molecule is ClCc1cc(Cl)ccc1Cl.N. The molecule has 0 aliphatic heterocycles. The van der Waals surface area contributed by atoms with Crippen molar-refractivity contribution in [3.8, 4) is 0 Å². The van der Waals surface area contributed by atoms with Crippen LogP contribution in [0.3, 0.4) is 0 Å². The molecule has 0 unspecified atom stereocenters. The number of rotatable bonds is 1. The first-order valence-electron chi connectivity index (χ1n) is 2.74. The Morgan fingerprint density at radius 1 is 1.18 bits per heavy atom. The number of hydrogen-bond donors (Lipinski definition) is 1. The predicted octanol–water partition coefficient (Wildman–Crippen LogP) is 3.89. The Kier molecular flexibility index (Phi) is 4.86. The highest BCUT2D eigenvalue weighted by atomic mass is 35.5. The Morgan fingerprint density at radius 3 is 2.27 bits per heavy atom. The van der Waals surface area contributed by atoms with Gasteiger partial charge in [-0.25, -0.2) is 0 Å². The largest absolute Gasteiger partial charge is 0.344 e. The van der Waals surface area contributed by atoms with E-state index in [0.29, 0.717) is 15.9 Å². The second-order valence-corrected chi connectivity index (χ2v) is 2.98. The van der Waals surface area contributed by atoms with Crippen molar-refractivity contribution in [2.45, 2.75) is 5.88 Å². The summed E-state index contributed by atoms with van der Waals surface area (Å²) >= 11 is 17.0. The summed E-state index contributed by atoms with van der Waals surface area (Å²) in [6.45, 7) is 0. The molecular formula is C7H8Cl3N. The van der Waals surface area contributed by atoms with Gasteiger partial charge in [0.2, 0.25) is 0 Å². The van der Waals surface area contributed by atoms with E-state index in [4.69, 9.17) is 34.8 Å². The molecule has 62 valence electrons. The van der Waals surface area contributed by atoms with E-state index in [9.17, 15) is 0 Å². The van der Waals surface area contributed by atoms with Crippen molar-refractivity contribution < 1.29 is 0 Å². The van der Waals surface area contributed by atoms with Gasteiger partial charge in [0.1, 0.15) is 0 Å². The van der Waals surface area contributed by atoms with Crippen molar-refractivity contribution >= 4 is 34.8 Å². The number of halogens is 3. The minimum atomic E-state index is 0. The molecule has 0 fully saturated rings. The van der Waals surface area contributed by atoms with E-state index in [-0.39, 0.29) is 6.15 Å².